The molecule has 0 radical (unpaired) electrons. The minimum absolute atomic E-state index is 0.359. The SMILES string of the molecule is O=C(NNC(=O)c1ccc(Br)s1)c1ccc(Cn2cncn2)cc1. The second-order valence-corrected chi connectivity index (χ2v) is 7.27. The summed E-state index contributed by atoms with van der Waals surface area (Å²) < 4.78 is 2.54. The number of halogens is 1. The molecule has 0 aliphatic carbocycles. The van der Waals surface area contributed by atoms with Crippen LogP contribution in [0.25, 0.3) is 0 Å². The Labute approximate surface area is 149 Å². The topological polar surface area (TPSA) is 88.9 Å². The highest BCUT2D eigenvalue weighted by Gasteiger charge is 2.11. The van der Waals surface area contributed by atoms with Crippen LogP contribution in [0.1, 0.15) is 25.6 Å². The van der Waals surface area contributed by atoms with E-state index in [1.807, 2.05) is 12.1 Å². The van der Waals surface area contributed by atoms with E-state index in [-0.39, 0.29) is 11.8 Å². The molecule has 0 aliphatic heterocycles. The molecule has 1 aromatic carbocycles. The van der Waals surface area contributed by atoms with Gasteiger partial charge in [0, 0.05) is 5.56 Å². The first-order chi connectivity index (χ1) is 11.6. The number of nitrogens with one attached hydrogen (secondary N) is 2. The molecule has 24 heavy (non-hydrogen) atoms. The van der Waals surface area contributed by atoms with Gasteiger partial charge in [0.1, 0.15) is 12.7 Å². The van der Waals surface area contributed by atoms with Crippen molar-refractivity contribution in [2.45, 2.75) is 6.54 Å². The highest BCUT2D eigenvalue weighted by Crippen LogP contribution is 2.21. The number of rotatable bonds is 4. The Morgan fingerprint density at radius 3 is 2.46 bits per heavy atom. The number of hydrazine groups is 1. The van der Waals surface area contributed by atoms with E-state index in [1.54, 1.807) is 35.3 Å². The fraction of sp³-hybridized carbons (Fsp3) is 0.0667. The van der Waals surface area contributed by atoms with Crippen molar-refractivity contribution in [3.8, 4) is 0 Å². The molecule has 9 heteroatoms. The Kier molecular flexibility index (Phi) is 5.02. The van der Waals surface area contributed by atoms with Crippen molar-refractivity contribution in [2.75, 3.05) is 0 Å². The summed E-state index contributed by atoms with van der Waals surface area (Å²) in [6.45, 7) is 0.575. The van der Waals surface area contributed by atoms with Crippen molar-refractivity contribution in [1.82, 2.24) is 25.6 Å². The molecule has 0 bridgehead atoms. The van der Waals surface area contributed by atoms with Gasteiger partial charge in [-0.05, 0) is 45.8 Å². The Balaban J connectivity index is 1.56. The van der Waals surface area contributed by atoms with Crippen molar-refractivity contribution in [2.24, 2.45) is 0 Å². The molecule has 2 heterocycles. The van der Waals surface area contributed by atoms with E-state index >= 15 is 0 Å². The molecule has 0 saturated carbocycles. The summed E-state index contributed by atoms with van der Waals surface area (Å²) >= 11 is 4.57. The first-order valence-electron chi connectivity index (χ1n) is 6.89. The van der Waals surface area contributed by atoms with Gasteiger partial charge in [0.25, 0.3) is 11.8 Å². The molecule has 2 amide bonds. The minimum atomic E-state index is -0.383. The Hall–Kier alpha value is -2.52. The molecule has 3 rings (SSSR count). The second-order valence-electron chi connectivity index (χ2n) is 4.80. The molecule has 0 spiro atoms. The van der Waals surface area contributed by atoms with E-state index in [9.17, 15) is 9.59 Å². The van der Waals surface area contributed by atoms with Gasteiger partial charge in [0.2, 0.25) is 0 Å². The summed E-state index contributed by atoms with van der Waals surface area (Å²) in [6, 6.07) is 10.5. The van der Waals surface area contributed by atoms with E-state index in [1.165, 1.54) is 17.7 Å². The van der Waals surface area contributed by atoms with Gasteiger partial charge in [-0.25, -0.2) is 9.67 Å². The maximum Gasteiger partial charge on any atom is 0.279 e. The lowest BCUT2D eigenvalue weighted by Crippen LogP contribution is -2.41. The van der Waals surface area contributed by atoms with Crippen LogP contribution in [0.4, 0.5) is 0 Å². The number of carbonyl (C=O) groups is 2. The lowest BCUT2D eigenvalue weighted by Gasteiger charge is -2.07. The lowest BCUT2D eigenvalue weighted by atomic mass is 10.1. The highest BCUT2D eigenvalue weighted by molar-refractivity contribution is 9.11. The summed E-state index contributed by atoms with van der Waals surface area (Å²) in [5, 5.41) is 4.02. The van der Waals surface area contributed by atoms with Crippen LogP contribution in [0.15, 0.2) is 52.8 Å². The molecule has 7 nitrogen and oxygen atoms in total. The monoisotopic (exact) mass is 405 g/mol. The van der Waals surface area contributed by atoms with Gasteiger partial charge in [-0.15, -0.1) is 11.3 Å². The van der Waals surface area contributed by atoms with Gasteiger partial charge in [-0.3, -0.25) is 20.4 Å². The zero-order valence-electron chi connectivity index (χ0n) is 12.3. The maximum atomic E-state index is 12.1. The van der Waals surface area contributed by atoms with Crippen LogP contribution >= 0.6 is 27.3 Å². The summed E-state index contributed by atoms with van der Waals surface area (Å²) in [7, 11) is 0. The molecular formula is C15H12BrN5O2S. The van der Waals surface area contributed by atoms with E-state index in [0.717, 1.165) is 9.35 Å². The highest BCUT2D eigenvalue weighted by atomic mass is 79.9. The van der Waals surface area contributed by atoms with Crippen molar-refractivity contribution in [3.05, 3.63) is 68.8 Å². The number of hydrogen-bond acceptors (Lipinski definition) is 5. The summed E-state index contributed by atoms with van der Waals surface area (Å²) in [5.74, 6) is -0.742. The number of thiophene rings is 1. The molecule has 0 unspecified atom stereocenters. The molecule has 2 N–H and O–H groups in total. The normalized spacial score (nSPS) is 10.4. The summed E-state index contributed by atoms with van der Waals surface area (Å²) in [5.41, 5.74) is 6.23. The van der Waals surface area contributed by atoms with E-state index in [2.05, 4.69) is 36.9 Å². The molecule has 3 aromatic rings. The minimum Gasteiger partial charge on any atom is -0.267 e. The van der Waals surface area contributed by atoms with E-state index < -0.39 is 0 Å². The molecule has 0 saturated heterocycles. The van der Waals surface area contributed by atoms with Gasteiger partial charge < -0.3 is 0 Å². The fourth-order valence-corrected chi connectivity index (χ4v) is 3.23. The van der Waals surface area contributed by atoms with Crippen LogP contribution in [0, 0.1) is 0 Å². The van der Waals surface area contributed by atoms with Crippen molar-refractivity contribution < 1.29 is 9.59 Å². The molecule has 0 fully saturated rings. The summed E-state index contributed by atoms with van der Waals surface area (Å²) in [4.78, 5) is 28.3. The van der Waals surface area contributed by atoms with Crippen LogP contribution in [0.3, 0.4) is 0 Å². The summed E-state index contributed by atoms with van der Waals surface area (Å²) in [6.07, 6.45) is 3.09. The zero-order valence-corrected chi connectivity index (χ0v) is 14.7. The molecule has 122 valence electrons. The van der Waals surface area contributed by atoms with Gasteiger partial charge in [0.05, 0.1) is 15.2 Å². The Bertz CT molecular complexity index is 845. The van der Waals surface area contributed by atoms with Crippen LogP contribution in [-0.2, 0) is 6.54 Å². The number of hydrogen-bond donors (Lipinski definition) is 2. The number of amides is 2. The van der Waals surface area contributed by atoms with Crippen molar-refractivity contribution in [1.29, 1.82) is 0 Å². The van der Waals surface area contributed by atoms with Crippen LogP contribution in [-0.4, -0.2) is 26.6 Å². The van der Waals surface area contributed by atoms with Crippen LogP contribution in [0.5, 0.6) is 0 Å². The molecular weight excluding hydrogens is 394 g/mol. The van der Waals surface area contributed by atoms with Gasteiger partial charge in [-0.1, -0.05) is 12.1 Å². The van der Waals surface area contributed by atoms with Gasteiger partial charge in [-0.2, -0.15) is 5.10 Å². The Morgan fingerprint density at radius 1 is 1.08 bits per heavy atom. The predicted molar refractivity (Wildman–Crippen MR) is 92.5 cm³/mol. The van der Waals surface area contributed by atoms with E-state index in [0.29, 0.717) is 17.0 Å². The van der Waals surface area contributed by atoms with E-state index in [4.69, 9.17) is 0 Å². The lowest BCUT2D eigenvalue weighted by molar-refractivity contribution is 0.0849. The van der Waals surface area contributed by atoms with Gasteiger partial charge >= 0.3 is 0 Å². The Morgan fingerprint density at radius 2 is 1.83 bits per heavy atom. The van der Waals surface area contributed by atoms with Crippen molar-refractivity contribution in [3.63, 3.8) is 0 Å². The average molecular weight is 406 g/mol. The third-order valence-electron chi connectivity index (χ3n) is 3.11. The van der Waals surface area contributed by atoms with Crippen LogP contribution < -0.4 is 10.9 Å². The molecule has 0 aliphatic rings. The fourth-order valence-electron chi connectivity index (χ4n) is 1.95. The zero-order chi connectivity index (χ0) is 16.9. The number of nitrogens with zero attached hydrogens (tertiary/aromatic N) is 3. The third kappa shape index (κ3) is 4.06. The largest absolute Gasteiger partial charge is 0.279 e. The average Bonchev–Trinajstić information content (AvgIpc) is 3.24. The predicted octanol–water partition coefficient (Wildman–Crippen LogP) is 2.23. The number of benzene rings is 1. The standard InChI is InChI=1S/C15H12BrN5O2S/c16-13-6-5-12(24-13)15(23)20-19-14(22)11-3-1-10(2-4-11)7-21-9-17-8-18-21/h1-6,8-9H,7H2,(H,19,22)(H,20,23). The third-order valence-corrected chi connectivity index (χ3v) is 4.74. The quantitative estimate of drug-likeness (QED) is 0.651. The number of aromatic nitrogens is 3. The first-order valence-corrected chi connectivity index (χ1v) is 8.50. The van der Waals surface area contributed by atoms with Gasteiger partial charge in [0.15, 0.2) is 0 Å². The smallest absolute Gasteiger partial charge is 0.267 e. The molecule has 2 aromatic heterocycles. The number of carbonyl (C=O) groups excluding carboxylic acids is 2. The first kappa shape index (κ1) is 16.3. The second kappa shape index (κ2) is 7.37. The maximum absolute atomic E-state index is 12.1. The molecule has 0 atom stereocenters. The van der Waals surface area contributed by atoms with Crippen LogP contribution in [0.2, 0.25) is 0 Å². The van der Waals surface area contributed by atoms with Crippen molar-refractivity contribution >= 4 is 39.1 Å².